The van der Waals surface area contributed by atoms with E-state index in [0.29, 0.717) is 0 Å². The van der Waals surface area contributed by atoms with E-state index < -0.39 is 15.7 Å². The standard InChI is InChI=1S/C19H17NOS/c20-22(21)19(16-10-4-1-5-11-16,17-12-6-2-7-13-17)18-14-8-3-9-15-18/h1-15H,20H2/t22-/m0/s1. The van der Waals surface area contributed by atoms with Gasteiger partial charge in [-0.1, -0.05) is 91.0 Å². The quantitative estimate of drug-likeness (QED) is 0.735. The van der Waals surface area contributed by atoms with Gasteiger partial charge in [0, 0.05) is 0 Å². The molecule has 2 N–H and O–H groups in total. The molecule has 0 radical (unpaired) electrons. The number of benzene rings is 3. The van der Waals surface area contributed by atoms with E-state index in [4.69, 9.17) is 5.14 Å². The lowest BCUT2D eigenvalue weighted by Gasteiger charge is -2.33. The van der Waals surface area contributed by atoms with Gasteiger partial charge in [0.1, 0.15) is 15.7 Å². The zero-order valence-corrected chi connectivity index (χ0v) is 12.9. The molecule has 0 unspecified atom stereocenters. The third-order valence-electron chi connectivity index (χ3n) is 3.84. The second-order valence-electron chi connectivity index (χ2n) is 5.08. The summed E-state index contributed by atoms with van der Waals surface area (Å²) in [4.78, 5) is 0. The fraction of sp³-hybridized carbons (Fsp3) is 0.0526. The first kappa shape index (κ1) is 14.7. The number of rotatable bonds is 4. The van der Waals surface area contributed by atoms with Gasteiger partial charge in [-0.3, -0.25) is 5.14 Å². The molecule has 1 atom stereocenters. The van der Waals surface area contributed by atoms with Crippen LogP contribution in [0.4, 0.5) is 0 Å². The van der Waals surface area contributed by atoms with Crippen molar-refractivity contribution in [2.45, 2.75) is 4.75 Å². The largest absolute Gasteiger partial charge is 0.250 e. The number of hydrogen-bond acceptors (Lipinski definition) is 1. The van der Waals surface area contributed by atoms with Gasteiger partial charge >= 0.3 is 0 Å². The lowest BCUT2D eigenvalue weighted by molar-refractivity contribution is 0.664. The predicted octanol–water partition coefficient (Wildman–Crippen LogP) is 3.60. The molecule has 0 spiro atoms. The predicted molar refractivity (Wildman–Crippen MR) is 91.5 cm³/mol. The van der Waals surface area contributed by atoms with Gasteiger partial charge in [0.15, 0.2) is 0 Å². The molecule has 0 aliphatic carbocycles. The number of hydrogen-bond donors (Lipinski definition) is 1. The summed E-state index contributed by atoms with van der Waals surface area (Å²) in [7, 11) is -1.61. The van der Waals surface area contributed by atoms with Crippen molar-refractivity contribution in [3.63, 3.8) is 0 Å². The molecule has 0 amide bonds. The molecule has 0 aliphatic rings. The molecular formula is C19H17NOS. The van der Waals surface area contributed by atoms with Gasteiger partial charge in [-0.15, -0.1) is 0 Å². The van der Waals surface area contributed by atoms with Gasteiger partial charge in [0.05, 0.1) is 0 Å². The van der Waals surface area contributed by atoms with Crippen LogP contribution in [0.25, 0.3) is 0 Å². The highest BCUT2D eigenvalue weighted by atomic mass is 32.2. The van der Waals surface area contributed by atoms with E-state index in [9.17, 15) is 4.21 Å². The van der Waals surface area contributed by atoms with E-state index in [1.165, 1.54) is 0 Å². The fourth-order valence-corrected chi connectivity index (χ4v) is 3.97. The zero-order chi connectivity index (χ0) is 15.4. The lowest BCUT2D eigenvalue weighted by Crippen LogP contribution is -2.38. The Kier molecular flexibility index (Phi) is 4.18. The summed E-state index contributed by atoms with van der Waals surface area (Å²) < 4.78 is 11.9. The Morgan fingerprint density at radius 1 is 0.591 bits per heavy atom. The van der Waals surface area contributed by atoms with Crippen molar-refractivity contribution in [3.8, 4) is 0 Å². The van der Waals surface area contributed by atoms with E-state index in [1.54, 1.807) is 0 Å². The maximum atomic E-state index is 12.8. The molecule has 3 heteroatoms. The Morgan fingerprint density at radius 3 is 1.09 bits per heavy atom. The van der Waals surface area contributed by atoms with Crippen molar-refractivity contribution in [1.29, 1.82) is 0 Å². The van der Waals surface area contributed by atoms with Crippen molar-refractivity contribution in [2.24, 2.45) is 5.14 Å². The highest BCUT2D eigenvalue weighted by Gasteiger charge is 2.41. The fourth-order valence-electron chi connectivity index (χ4n) is 2.87. The third kappa shape index (κ3) is 2.39. The molecule has 0 fully saturated rings. The monoisotopic (exact) mass is 307 g/mol. The highest BCUT2D eigenvalue weighted by molar-refractivity contribution is 7.84. The smallest absolute Gasteiger partial charge is 0.135 e. The van der Waals surface area contributed by atoms with Crippen LogP contribution in [-0.2, 0) is 15.7 Å². The molecule has 3 aromatic rings. The maximum absolute atomic E-state index is 12.8. The minimum atomic E-state index is -1.61. The molecule has 0 saturated carbocycles. The minimum Gasteiger partial charge on any atom is -0.250 e. The van der Waals surface area contributed by atoms with Crippen molar-refractivity contribution in [2.75, 3.05) is 0 Å². The van der Waals surface area contributed by atoms with Gasteiger partial charge < -0.3 is 0 Å². The second kappa shape index (κ2) is 6.26. The molecule has 0 aliphatic heterocycles. The summed E-state index contributed by atoms with van der Waals surface area (Å²) in [5.74, 6) is 0. The molecule has 0 bridgehead atoms. The third-order valence-corrected chi connectivity index (χ3v) is 5.15. The molecule has 3 aromatic carbocycles. The molecule has 0 aromatic heterocycles. The van der Waals surface area contributed by atoms with Gasteiger partial charge in [0.2, 0.25) is 0 Å². The lowest BCUT2D eigenvalue weighted by atomic mass is 9.84. The first-order valence-corrected chi connectivity index (χ1v) is 8.30. The summed E-state index contributed by atoms with van der Waals surface area (Å²) in [5.41, 5.74) is 2.77. The van der Waals surface area contributed by atoms with Crippen LogP contribution in [0.1, 0.15) is 16.7 Å². The van der Waals surface area contributed by atoms with Crippen LogP contribution in [0.15, 0.2) is 91.0 Å². The zero-order valence-electron chi connectivity index (χ0n) is 12.1. The SMILES string of the molecule is N[S@@](=O)C(c1ccccc1)(c1ccccc1)c1ccccc1. The van der Waals surface area contributed by atoms with Crippen LogP contribution in [0, 0.1) is 0 Å². The second-order valence-corrected chi connectivity index (χ2v) is 6.28. The molecular weight excluding hydrogens is 290 g/mol. The normalized spacial score (nSPS) is 12.8. The van der Waals surface area contributed by atoms with Crippen LogP contribution < -0.4 is 5.14 Å². The van der Waals surface area contributed by atoms with Gasteiger partial charge in [0.25, 0.3) is 0 Å². The Bertz CT molecular complexity index is 661. The van der Waals surface area contributed by atoms with Crippen LogP contribution >= 0.6 is 0 Å². The van der Waals surface area contributed by atoms with Crippen LogP contribution in [0.3, 0.4) is 0 Å². The summed E-state index contributed by atoms with van der Waals surface area (Å²) in [6.45, 7) is 0. The van der Waals surface area contributed by atoms with Gasteiger partial charge in [-0.2, -0.15) is 0 Å². The van der Waals surface area contributed by atoms with Crippen LogP contribution in [0.2, 0.25) is 0 Å². The summed E-state index contributed by atoms with van der Waals surface area (Å²) >= 11 is 0. The number of nitrogens with two attached hydrogens (primary N) is 1. The Morgan fingerprint density at radius 2 is 0.864 bits per heavy atom. The average molecular weight is 307 g/mol. The van der Waals surface area contributed by atoms with E-state index in [-0.39, 0.29) is 0 Å². The maximum Gasteiger partial charge on any atom is 0.135 e. The van der Waals surface area contributed by atoms with Crippen LogP contribution in [0.5, 0.6) is 0 Å². The first-order chi connectivity index (χ1) is 10.8. The van der Waals surface area contributed by atoms with Gasteiger partial charge in [-0.05, 0) is 16.7 Å². The van der Waals surface area contributed by atoms with Crippen LogP contribution in [-0.4, -0.2) is 4.21 Å². The average Bonchev–Trinajstić information content (AvgIpc) is 2.58. The van der Waals surface area contributed by atoms with E-state index in [2.05, 4.69) is 0 Å². The summed E-state index contributed by atoms with van der Waals surface area (Å²) in [6, 6.07) is 29.4. The Balaban J connectivity index is 2.37. The van der Waals surface area contributed by atoms with E-state index in [0.717, 1.165) is 16.7 Å². The Labute approximate surface area is 133 Å². The summed E-state index contributed by atoms with van der Waals surface area (Å²) in [6.07, 6.45) is 0. The van der Waals surface area contributed by atoms with Crippen molar-refractivity contribution < 1.29 is 4.21 Å². The highest BCUT2D eigenvalue weighted by Crippen LogP contribution is 2.40. The van der Waals surface area contributed by atoms with Crippen molar-refractivity contribution in [3.05, 3.63) is 108 Å². The minimum absolute atomic E-state index is 0.871. The Hall–Kier alpha value is -2.23. The molecule has 22 heavy (non-hydrogen) atoms. The molecule has 0 heterocycles. The van der Waals surface area contributed by atoms with E-state index in [1.807, 2.05) is 91.0 Å². The van der Waals surface area contributed by atoms with E-state index >= 15 is 0 Å². The topological polar surface area (TPSA) is 43.1 Å². The summed E-state index contributed by atoms with van der Waals surface area (Å²) in [5, 5.41) is 6.04. The molecule has 0 saturated heterocycles. The molecule has 2 nitrogen and oxygen atoms in total. The molecule has 110 valence electrons. The van der Waals surface area contributed by atoms with Crippen molar-refractivity contribution >= 4 is 11.0 Å². The van der Waals surface area contributed by atoms with Gasteiger partial charge in [-0.25, -0.2) is 4.21 Å². The first-order valence-electron chi connectivity index (χ1n) is 7.09. The van der Waals surface area contributed by atoms with Crippen molar-refractivity contribution in [1.82, 2.24) is 0 Å². The molecule has 3 rings (SSSR count).